The summed E-state index contributed by atoms with van der Waals surface area (Å²) in [5.41, 5.74) is 3.62. The lowest BCUT2D eigenvalue weighted by atomic mass is 10.0. The number of ether oxygens (including phenoxy) is 1. The van der Waals surface area contributed by atoms with Crippen LogP contribution in [0.1, 0.15) is 227 Å². The maximum atomic E-state index is 12.0. The van der Waals surface area contributed by atoms with Crippen LogP contribution in [0.2, 0.25) is 0 Å². The second kappa shape index (κ2) is 78.3. The first kappa shape index (κ1) is 127. The average Bonchev–Trinajstić information content (AvgIpc) is 0.854. The number of ketones is 2. The molecule has 133 heavy (non-hydrogen) atoms. The van der Waals surface area contributed by atoms with E-state index in [-0.39, 0.29) is 159 Å². The van der Waals surface area contributed by atoms with Crippen LogP contribution < -0.4 is 5.32 Å². The SMILES string of the molecule is CC(=O)N(O)CCCCCCC(=O)CCC(=O)N(O)CCCCCNC(=O)CCC(=O)N(O)CCCCCCC(C)C.CC(C)CC(=O)CN(CCN(CCN(CC(=O)O)CC(=O)O)CC(=O)O)CC(=O)O.CCCc1ccc(O)c(CN(CCN(CC(=O)O)Cc2cc(CCC(C)C)ccc2O)COC=O)c1.CCN(CCN(CCN(C)CC(=O)O)CC(C)C)CC(=O)O.O=C=O. The fraction of sp³-hybridized carbons (Fsp3) is 0.707. The van der Waals surface area contributed by atoms with E-state index in [1.54, 1.807) is 29.0 Å². The lowest BCUT2D eigenvalue weighted by molar-refractivity contribution is -0.192. The topological polar surface area (TPSA) is 573 Å². The summed E-state index contributed by atoms with van der Waals surface area (Å²) in [5, 5.41) is 118. The van der Waals surface area contributed by atoms with Gasteiger partial charge in [-0.2, -0.15) is 9.59 Å². The third kappa shape index (κ3) is 76.0. The highest BCUT2D eigenvalue weighted by molar-refractivity contribution is 5.85. The highest BCUT2D eigenvalue weighted by Crippen LogP contribution is 2.25. The van der Waals surface area contributed by atoms with Gasteiger partial charge in [-0.05, 0) is 118 Å². The molecular formula is C92H158N12O29. The zero-order valence-corrected chi connectivity index (χ0v) is 80.7. The number of aromatic hydroxyl groups is 2. The third-order valence-electron chi connectivity index (χ3n) is 20.3. The predicted octanol–water partition coefficient (Wildman–Crippen LogP) is 7.42. The normalized spacial score (nSPS) is 11.1. The van der Waals surface area contributed by atoms with Gasteiger partial charge in [0, 0.05) is 168 Å². The summed E-state index contributed by atoms with van der Waals surface area (Å²) in [4.78, 5) is 189. The monoisotopic (exact) mass is 1900 g/mol. The van der Waals surface area contributed by atoms with E-state index in [1.807, 2.05) is 54.8 Å². The molecule has 41 heteroatoms. The number of benzene rings is 2. The molecule has 0 spiro atoms. The number of hydrogen-bond acceptors (Lipinski definition) is 30. The van der Waals surface area contributed by atoms with Gasteiger partial charge in [0.25, 0.3) is 6.47 Å². The van der Waals surface area contributed by atoms with Crippen molar-refractivity contribution in [3.8, 4) is 11.5 Å². The first-order chi connectivity index (χ1) is 62.7. The molecule has 0 saturated heterocycles. The average molecular weight is 1900 g/mol. The van der Waals surface area contributed by atoms with Crippen molar-refractivity contribution in [2.24, 2.45) is 23.7 Å². The Morgan fingerprint density at radius 1 is 0.406 bits per heavy atom. The van der Waals surface area contributed by atoms with E-state index in [1.165, 1.54) is 23.1 Å². The molecule has 0 heterocycles. The Bertz CT molecular complexity index is 3690. The number of Topliss-reactive ketones (excluding diaryl/α,β-unsaturated/α-hetero) is 2. The molecule has 0 unspecified atom stereocenters. The van der Waals surface area contributed by atoms with Crippen LogP contribution >= 0.6 is 0 Å². The molecular weight excluding hydrogens is 1740 g/mol. The highest BCUT2D eigenvalue weighted by atomic mass is 16.5. The zero-order valence-electron chi connectivity index (χ0n) is 80.7. The second-order valence-electron chi connectivity index (χ2n) is 34.6. The quantitative estimate of drug-likeness (QED) is 0.0101. The molecule has 13 N–H and O–H groups in total. The van der Waals surface area contributed by atoms with Gasteiger partial charge in [-0.3, -0.25) is 117 Å². The minimum absolute atomic E-state index is 0.00289. The van der Waals surface area contributed by atoms with Crippen molar-refractivity contribution in [2.45, 2.75) is 231 Å². The number of carboxylic acid groups (broad SMARTS) is 7. The van der Waals surface area contributed by atoms with Crippen LogP contribution in [-0.2, 0) is 107 Å². The fourth-order valence-electron chi connectivity index (χ4n) is 13.4. The van der Waals surface area contributed by atoms with Gasteiger partial charge in [0.2, 0.25) is 23.6 Å². The molecule has 0 radical (unpaired) electrons. The molecule has 2 rings (SSSR count). The van der Waals surface area contributed by atoms with Gasteiger partial charge in [-0.1, -0.05) is 138 Å². The van der Waals surface area contributed by atoms with Crippen LogP contribution in [0.5, 0.6) is 11.5 Å². The van der Waals surface area contributed by atoms with Crippen LogP contribution in [0.3, 0.4) is 0 Å². The van der Waals surface area contributed by atoms with E-state index in [9.17, 15) is 98.1 Å². The first-order valence-corrected chi connectivity index (χ1v) is 45.9. The van der Waals surface area contributed by atoms with E-state index in [0.717, 1.165) is 105 Å². The van der Waals surface area contributed by atoms with Gasteiger partial charge >= 0.3 is 47.9 Å². The van der Waals surface area contributed by atoms with Crippen molar-refractivity contribution in [3.63, 3.8) is 0 Å². The molecule has 0 aromatic heterocycles. The smallest absolute Gasteiger partial charge is 0.373 e. The molecule has 0 aliphatic rings. The Balaban J connectivity index is -0.00000171. The third-order valence-corrected chi connectivity index (χ3v) is 20.3. The van der Waals surface area contributed by atoms with Gasteiger partial charge in [0.15, 0.2) is 0 Å². The number of aliphatic carboxylic acids is 7. The number of carboxylic acids is 7. The maximum absolute atomic E-state index is 12.0. The van der Waals surface area contributed by atoms with Gasteiger partial charge in [-0.15, -0.1) is 0 Å². The lowest BCUT2D eigenvalue weighted by Crippen LogP contribution is -2.45. The minimum Gasteiger partial charge on any atom is -0.508 e. The number of amides is 4. The van der Waals surface area contributed by atoms with E-state index >= 15 is 0 Å². The van der Waals surface area contributed by atoms with Crippen molar-refractivity contribution in [2.75, 3.05) is 171 Å². The minimum atomic E-state index is -1.21. The molecule has 41 nitrogen and oxygen atoms in total. The molecule has 0 aliphatic heterocycles. The predicted molar refractivity (Wildman–Crippen MR) is 492 cm³/mol. The van der Waals surface area contributed by atoms with Gasteiger partial charge < -0.3 is 60.9 Å². The number of carbonyl (C=O) groups is 14. The highest BCUT2D eigenvalue weighted by Gasteiger charge is 2.24. The van der Waals surface area contributed by atoms with Crippen LogP contribution in [0, 0.1) is 23.7 Å². The number of aryl methyl sites for hydroxylation is 2. The van der Waals surface area contributed by atoms with Crippen LogP contribution in [0.15, 0.2) is 36.4 Å². The summed E-state index contributed by atoms with van der Waals surface area (Å²) < 4.78 is 4.99. The summed E-state index contributed by atoms with van der Waals surface area (Å²) in [5.74, 6) is -6.88. The number of nitrogens with zero attached hydrogens (tertiary/aromatic N) is 11. The number of carbonyl (C=O) groups excluding carboxylic acids is 9. The van der Waals surface area contributed by atoms with Gasteiger partial charge in [0.05, 0.1) is 52.4 Å². The van der Waals surface area contributed by atoms with Crippen molar-refractivity contribution in [3.05, 3.63) is 58.7 Å². The van der Waals surface area contributed by atoms with E-state index in [4.69, 9.17) is 45.0 Å². The van der Waals surface area contributed by atoms with Crippen molar-refractivity contribution >= 4 is 89.6 Å². The van der Waals surface area contributed by atoms with Crippen molar-refractivity contribution < 1.29 is 143 Å². The molecule has 0 fully saturated rings. The Morgan fingerprint density at radius 2 is 0.805 bits per heavy atom. The molecule has 0 saturated carbocycles. The van der Waals surface area contributed by atoms with Crippen molar-refractivity contribution in [1.82, 2.24) is 59.7 Å². The number of hydrogen-bond donors (Lipinski definition) is 13. The molecule has 0 aliphatic carbocycles. The Hall–Kier alpha value is -10.0. The lowest BCUT2D eigenvalue weighted by Gasteiger charge is -2.29. The number of unbranched alkanes of at least 4 members (excludes halogenated alkanes) is 8. The molecule has 2 aromatic rings. The summed E-state index contributed by atoms with van der Waals surface area (Å²) in [6.45, 7) is 27.8. The molecule has 0 bridgehead atoms. The first-order valence-electron chi connectivity index (χ1n) is 45.9. The van der Waals surface area contributed by atoms with Crippen molar-refractivity contribution in [1.29, 1.82) is 0 Å². The van der Waals surface area contributed by atoms with Gasteiger partial charge in [0.1, 0.15) is 29.8 Å². The number of hydroxylamine groups is 6. The Labute approximate surface area is 784 Å². The Kier molecular flexibility index (Phi) is 74.8. The number of likely N-dealkylation sites (N-methyl/N-ethyl adjacent to an activating group) is 2. The Morgan fingerprint density at radius 3 is 1.27 bits per heavy atom. The standard InChI is InChI=1S/C30H56N4O8.C28H40N2O6.C18H31N3O9.C15H31N3O4.CO2/c1-25(2)15-9-4-6-13-23-34(42)30(39)20-18-28(37)31-21-11-8-14-24-33(41)29(38)19-17-27(36)16-10-5-7-12-22-32(40)26(3)35;1-4-5-22-8-10-27(33)25(14-22)17-30(19-36-20-31)13-12-29(18-28(34)35)16-24-15-23(7-6-21(2)3)9-11-26(24)32;1-13(2)7-14(22)8-20(10-16(25)26)5-3-19(9-15(23)24)4-6-21(11-17(27)28)12-18(29)30;1-5-17(12-15(21)22)8-9-18(10-13(2)3)7-6-16(4)11-14(19)20;2-1-3/h25,40-42H,4-24H2,1-3H3,(H,31,37);8-11,14-15,20-21,32-33H,4-7,12-13,16-19H2,1-3H3,(H,34,35);13H,3-12H2,1-2H3,(H,23,24)(H,25,26)(H,27,28)(H,29,30);13H,5-12H2,1-4H3,(H,19,20)(H,21,22);. The van der Waals surface area contributed by atoms with Gasteiger partial charge in [-0.25, -0.2) is 15.2 Å². The van der Waals surface area contributed by atoms with E-state index in [2.05, 4.69) is 58.7 Å². The molecule has 4 amide bonds. The number of nitrogens with one attached hydrogen (secondary N) is 1. The maximum Gasteiger partial charge on any atom is 0.373 e. The van der Waals surface area contributed by atoms with E-state index in [0.29, 0.717) is 136 Å². The number of phenols is 2. The molecule has 760 valence electrons. The summed E-state index contributed by atoms with van der Waals surface area (Å²) in [6.07, 6.45) is 14.5. The number of phenolic OH excluding ortho intramolecular Hbond substituents is 2. The number of rotatable bonds is 74. The largest absolute Gasteiger partial charge is 0.508 e. The summed E-state index contributed by atoms with van der Waals surface area (Å²) in [6, 6.07) is 11.0. The summed E-state index contributed by atoms with van der Waals surface area (Å²) in [7, 11) is 1.80. The summed E-state index contributed by atoms with van der Waals surface area (Å²) >= 11 is 0. The van der Waals surface area contributed by atoms with Crippen LogP contribution in [0.25, 0.3) is 0 Å². The zero-order chi connectivity index (χ0) is 101. The molecule has 2 aromatic carbocycles. The fourth-order valence-corrected chi connectivity index (χ4v) is 13.4. The second-order valence-corrected chi connectivity index (χ2v) is 34.6. The van der Waals surface area contributed by atoms with E-state index < -0.39 is 79.1 Å². The molecule has 0 atom stereocenters. The van der Waals surface area contributed by atoms with Crippen LogP contribution in [0.4, 0.5) is 0 Å². The van der Waals surface area contributed by atoms with Crippen LogP contribution in [-0.4, -0.2) is 376 Å².